The molecule has 1 rings (SSSR count). The number of ether oxygens (including phenoxy) is 1. The number of nitrogens with zero attached hydrogens (tertiary/aromatic N) is 1. The predicted molar refractivity (Wildman–Crippen MR) is 62.7 cm³/mol. The predicted octanol–water partition coefficient (Wildman–Crippen LogP) is 0.553. The van der Waals surface area contributed by atoms with E-state index in [1.54, 1.807) is 26.0 Å². The van der Waals surface area contributed by atoms with E-state index in [4.69, 9.17) is 4.74 Å². The molecule has 0 spiro atoms. The molecule has 0 atom stereocenters. The number of nitrogens with one attached hydrogen (secondary N) is 2. The first kappa shape index (κ1) is 13.0. The summed E-state index contributed by atoms with van der Waals surface area (Å²) in [6.07, 6.45) is 1.53. The highest BCUT2D eigenvalue weighted by atomic mass is 16.5. The monoisotopic (exact) mass is 237 g/mol. The number of rotatable bonds is 3. The van der Waals surface area contributed by atoms with Crippen LogP contribution in [0.3, 0.4) is 0 Å². The molecule has 17 heavy (non-hydrogen) atoms. The molecule has 0 aromatic carbocycles. The Kier molecular flexibility index (Phi) is 4.45. The van der Waals surface area contributed by atoms with Gasteiger partial charge in [-0.2, -0.15) is 0 Å². The first-order valence-electron chi connectivity index (χ1n) is 5.15. The largest absolute Gasteiger partial charge is 0.480 e. The zero-order chi connectivity index (χ0) is 12.8. The Labute approximate surface area is 99.4 Å². The molecular weight excluding hydrogens is 222 g/mol. The molecule has 0 aliphatic carbocycles. The van der Waals surface area contributed by atoms with Crippen LogP contribution in [0.25, 0.3) is 0 Å². The lowest BCUT2D eigenvalue weighted by Crippen LogP contribution is -2.39. The molecule has 0 aliphatic rings. The average molecular weight is 237 g/mol. The summed E-state index contributed by atoms with van der Waals surface area (Å²) in [5, 5.41) is 4.92. The zero-order valence-electron chi connectivity index (χ0n) is 9.98. The van der Waals surface area contributed by atoms with Gasteiger partial charge in [-0.25, -0.2) is 4.98 Å². The molecule has 0 bridgehead atoms. The summed E-state index contributed by atoms with van der Waals surface area (Å²) >= 11 is 0. The molecule has 0 fully saturated rings. The van der Waals surface area contributed by atoms with Gasteiger partial charge < -0.3 is 15.4 Å². The van der Waals surface area contributed by atoms with E-state index in [9.17, 15) is 9.59 Å². The second-order valence-electron chi connectivity index (χ2n) is 3.64. The quantitative estimate of drug-likeness (QED) is 0.752. The van der Waals surface area contributed by atoms with Crippen molar-refractivity contribution in [1.29, 1.82) is 0 Å². The van der Waals surface area contributed by atoms with Gasteiger partial charge in [0.15, 0.2) is 0 Å². The summed E-state index contributed by atoms with van der Waals surface area (Å²) in [6.45, 7) is 3.55. The number of anilines is 1. The van der Waals surface area contributed by atoms with E-state index in [-0.39, 0.29) is 11.9 Å². The Morgan fingerprint density at radius 2 is 2.06 bits per heavy atom. The first-order valence-corrected chi connectivity index (χ1v) is 5.15. The number of methoxy groups -OCH3 is 1. The smallest absolute Gasteiger partial charge is 0.313 e. The Balaban J connectivity index is 2.71. The maximum Gasteiger partial charge on any atom is 0.313 e. The normalized spacial score (nSPS) is 9.88. The van der Waals surface area contributed by atoms with Crippen molar-refractivity contribution in [3.05, 3.63) is 18.3 Å². The van der Waals surface area contributed by atoms with Crippen LogP contribution in [0.2, 0.25) is 0 Å². The number of aromatic nitrogens is 1. The number of pyridine rings is 1. The molecule has 0 saturated heterocycles. The van der Waals surface area contributed by atoms with Gasteiger partial charge >= 0.3 is 11.8 Å². The van der Waals surface area contributed by atoms with Crippen molar-refractivity contribution in [2.24, 2.45) is 0 Å². The summed E-state index contributed by atoms with van der Waals surface area (Å²) in [5.74, 6) is -1.17. The lowest BCUT2D eigenvalue weighted by atomic mass is 10.3. The molecule has 0 saturated carbocycles. The Morgan fingerprint density at radius 3 is 2.65 bits per heavy atom. The van der Waals surface area contributed by atoms with Gasteiger partial charge in [-0.15, -0.1) is 0 Å². The lowest BCUT2D eigenvalue weighted by molar-refractivity contribution is -0.136. The van der Waals surface area contributed by atoms with E-state index in [2.05, 4.69) is 15.6 Å². The minimum Gasteiger partial charge on any atom is -0.480 e. The van der Waals surface area contributed by atoms with E-state index in [0.29, 0.717) is 5.69 Å². The Morgan fingerprint density at radius 1 is 1.35 bits per heavy atom. The summed E-state index contributed by atoms with van der Waals surface area (Å²) < 4.78 is 4.95. The van der Waals surface area contributed by atoms with Gasteiger partial charge in [0.1, 0.15) is 5.69 Å². The van der Waals surface area contributed by atoms with Crippen molar-refractivity contribution in [2.45, 2.75) is 19.9 Å². The number of carbonyl (C=O) groups is 2. The molecule has 1 heterocycles. The molecule has 92 valence electrons. The minimum atomic E-state index is -0.745. The molecule has 1 aromatic heterocycles. The summed E-state index contributed by atoms with van der Waals surface area (Å²) in [6, 6.07) is 3.15. The van der Waals surface area contributed by atoms with E-state index in [1.807, 2.05) is 0 Å². The summed E-state index contributed by atoms with van der Waals surface area (Å²) in [5.41, 5.74) is 0.360. The number of hydrogen-bond donors (Lipinski definition) is 2. The average Bonchev–Trinajstić information content (AvgIpc) is 2.28. The van der Waals surface area contributed by atoms with Crippen LogP contribution in [0.4, 0.5) is 5.69 Å². The first-order chi connectivity index (χ1) is 8.04. The second-order valence-corrected chi connectivity index (χ2v) is 3.64. The van der Waals surface area contributed by atoms with Crippen molar-refractivity contribution in [3.8, 4) is 5.88 Å². The lowest BCUT2D eigenvalue weighted by Gasteiger charge is -2.10. The van der Waals surface area contributed by atoms with Gasteiger partial charge in [0, 0.05) is 12.2 Å². The third-order valence-electron chi connectivity index (χ3n) is 1.84. The van der Waals surface area contributed by atoms with Crippen LogP contribution in [-0.4, -0.2) is 29.9 Å². The van der Waals surface area contributed by atoms with E-state index >= 15 is 0 Å². The van der Waals surface area contributed by atoms with Crippen molar-refractivity contribution in [3.63, 3.8) is 0 Å². The van der Waals surface area contributed by atoms with Crippen molar-refractivity contribution >= 4 is 17.5 Å². The number of amides is 2. The molecule has 6 nitrogen and oxygen atoms in total. The van der Waals surface area contributed by atoms with Crippen LogP contribution < -0.4 is 15.4 Å². The van der Waals surface area contributed by atoms with Crippen LogP contribution >= 0.6 is 0 Å². The van der Waals surface area contributed by atoms with Crippen molar-refractivity contribution in [2.75, 3.05) is 12.4 Å². The van der Waals surface area contributed by atoms with Crippen molar-refractivity contribution in [1.82, 2.24) is 10.3 Å². The van der Waals surface area contributed by atoms with Crippen LogP contribution in [0.1, 0.15) is 13.8 Å². The van der Waals surface area contributed by atoms with Crippen LogP contribution in [-0.2, 0) is 9.59 Å². The molecule has 0 aliphatic heterocycles. The summed E-state index contributed by atoms with van der Waals surface area (Å²) in [4.78, 5) is 26.8. The topological polar surface area (TPSA) is 80.3 Å². The van der Waals surface area contributed by atoms with Gasteiger partial charge in [0.25, 0.3) is 0 Å². The highest BCUT2D eigenvalue weighted by molar-refractivity contribution is 6.39. The third-order valence-corrected chi connectivity index (χ3v) is 1.84. The number of hydrogen-bond acceptors (Lipinski definition) is 4. The SMILES string of the molecule is COc1ncccc1NC(=O)C(=O)NC(C)C. The summed E-state index contributed by atoms with van der Waals surface area (Å²) in [7, 11) is 1.44. The molecule has 0 unspecified atom stereocenters. The third kappa shape index (κ3) is 3.75. The van der Waals surface area contributed by atoms with Gasteiger partial charge in [0.05, 0.1) is 7.11 Å². The Hall–Kier alpha value is -2.11. The fraction of sp³-hybridized carbons (Fsp3) is 0.364. The molecule has 6 heteroatoms. The van der Waals surface area contributed by atoms with Gasteiger partial charge in [0.2, 0.25) is 5.88 Å². The van der Waals surface area contributed by atoms with Crippen LogP contribution in [0.15, 0.2) is 18.3 Å². The fourth-order valence-corrected chi connectivity index (χ4v) is 1.16. The molecule has 0 radical (unpaired) electrons. The molecular formula is C11H15N3O3. The van der Waals surface area contributed by atoms with Gasteiger partial charge in [-0.3, -0.25) is 9.59 Å². The maximum atomic E-state index is 11.5. The highest BCUT2D eigenvalue weighted by Gasteiger charge is 2.16. The molecule has 2 N–H and O–H groups in total. The standard InChI is InChI=1S/C11H15N3O3/c1-7(2)13-9(15)10(16)14-8-5-4-6-12-11(8)17-3/h4-7H,1-3H3,(H,13,15)(H,14,16). The van der Waals surface area contributed by atoms with E-state index in [1.165, 1.54) is 13.3 Å². The number of carbonyl (C=O) groups excluding carboxylic acids is 2. The minimum absolute atomic E-state index is 0.0935. The van der Waals surface area contributed by atoms with E-state index in [0.717, 1.165) is 0 Å². The van der Waals surface area contributed by atoms with E-state index < -0.39 is 11.8 Å². The van der Waals surface area contributed by atoms with Gasteiger partial charge in [-0.1, -0.05) is 0 Å². The highest BCUT2D eigenvalue weighted by Crippen LogP contribution is 2.19. The van der Waals surface area contributed by atoms with Crippen LogP contribution in [0, 0.1) is 0 Å². The maximum absolute atomic E-state index is 11.5. The second kappa shape index (κ2) is 5.83. The zero-order valence-corrected chi connectivity index (χ0v) is 9.98. The molecule has 1 aromatic rings. The van der Waals surface area contributed by atoms with Crippen molar-refractivity contribution < 1.29 is 14.3 Å². The van der Waals surface area contributed by atoms with Gasteiger partial charge in [-0.05, 0) is 26.0 Å². The van der Waals surface area contributed by atoms with Crippen LogP contribution in [0.5, 0.6) is 5.88 Å². The Bertz CT molecular complexity index is 418. The fourth-order valence-electron chi connectivity index (χ4n) is 1.16. The molecule has 2 amide bonds.